The van der Waals surface area contributed by atoms with Crippen molar-refractivity contribution in [3.63, 3.8) is 0 Å². The average molecular weight is 278 g/mol. The van der Waals surface area contributed by atoms with Gasteiger partial charge in [0.1, 0.15) is 0 Å². The number of nitrogens with zero attached hydrogens (tertiary/aromatic N) is 1. The first-order valence-corrected chi connectivity index (χ1v) is 7.75. The van der Waals surface area contributed by atoms with Gasteiger partial charge in [0.15, 0.2) is 0 Å². The minimum Gasteiger partial charge on any atom is -0.297 e. The molecule has 3 atom stereocenters. The predicted molar refractivity (Wildman–Crippen MR) is 69.3 cm³/mol. The fourth-order valence-corrected chi connectivity index (χ4v) is 4.65. The highest BCUT2D eigenvalue weighted by atomic mass is 35.5. The van der Waals surface area contributed by atoms with E-state index in [1.165, 1.54) is 12.8 Å². The van der Waals surface area contributed by atoms with E-state index in [0.717, 1.165) is 25.8 Å². The Balaban J connectivity index is 1.60. The fourth-order valence-electron chi connectivity index (χ4n) is 4.24. The molecule has 104 valence electrons. The molecule has 0 radical (unpaired) electrons. The Morgan fingerprint density at radius 2 is 1.78 bits per heavy atom. The zero-order valence-electron chi connectivity index (χ0n) is 10.8. The molecule has 0 spiro atoms. The van der Waals surface area contributed by atoms with Crippen LogP contribution >= 0.6 is 11.6 Å². The quantitative estimate of drug-likeness (QED) is 0.689. The lowest BCUT2D eigenvalue weighted by atomic mass is 9.85. The fraction of sp³-hybridized carbons (Fsp3) is 1.00. The Labute approximate surface area is 113 Å². The molecule has 2 heterocycles. The number of hydrogen-bond acceptors (Lipinski definition) is 1. The Hall–Kier alpha value is 0.110. The minimum atomic E-state index is -2.41. The van der Waals surface area contributed by atoms with Crippen molar-refractivity contribution < 1.29 is 8.78 Å². The van der Waals surface area contributed by atoms with Crippen molar-refractivity contribution in [3.8, 4) is 0 Å². The van der Waals surface area contributed by atoms with Crippen molar-refractivity contribution in [2.45, 2.75) is 74.7 Å². The maximum absolute atomic E-state index is 13.4. The summed E-state index contributed by atoms with van der Waals surface area (Å²) in [5, 5.41) is 0.312. The third-order valence-electron chi connectivity index (χ3n) is 5.04. The molecule has 4 heteroatoms. The van der Waals surface area contributed by atoms with Gasteiger partial charge in [-0.1, -0.05) is 0 Å². The molecule has 0 N–H and O–H groups in total. The van der Waals surface area contributed by atoms with E-state index in [9.17, 15) is 8.78 Å². The Morgan fingerprint density at radius 1 is 1.11 bits per heavy atom. The first kappa shape index (κ1) is 13.1. The lowest BCUT2D eigenvalue weighted by Crippen LogP contribution is -2.46. The van der Waals surface area contributed by atoms with E-state index in [0.29, 0.717) is 23.9 Å². The second kappa shape index (κ2) is 4.90. The van der Waals surface area contributed by atoms with E-state index < -0.39 is 5.92 Å². The van der Waals surface area contributed by atoms with E-state index in [1.807, 2.05) is 0 Å². The van der Waals surface area contributed by atoms with Crippen LogP contribution in [0.25, 0.3) is 0 Å². The van der Waals surface area contributed by atoms with Gasteiger partial charge in [-0.15, -0.1) is 11.6 Å². The van der Waals surface area contributed by atoms with Crippen LogP contribution in [-0.2, 0) is 0 Å². The van der Waals surface area contributed by atoms with Crippen LogP contribution in [0.4, 0.5) is 8.78 Å². The molecule has 1 nitrogen and oxygen atoms in total. The van der Waals surface area contributed by atoms with Gasteiger partial charge in [0.2, 0.25) is 5.92 Å². The van der Waals surface area contributed by atoms with Crippen LogP contribution in [0.3, 0.4) is 0 Å². The van der Waals surface area contributed by atoms with Crippen LogP contribution in [0.5, 0.6) is 0 Å². The molecule has 0 amide bonds. The van der Waals surface area contributed by atoms with Gasteiger partial charge in [0.25, 0.3) is 0 Å². The molecule has 2 aliphatic heterocycles. The topological polar surface area (TPSA) is 3.24 Å². The van der Waals surface area contributed by atoms with Crippen LogP contribution in [-0.4, -0.2) is 34.8 Å². The number of rotatable bonds is 2. The Bertz CT molecular complexity index is 296. The minimum absolute atomic E-state index is 0.0973. The summed E-state index contributed by atoms with van der Waals surface area (Å²) in [5.74, 6) is -2.21. The normalized spacial score (nSPS) is 44.2. The molecule has 0 aromatic rings. The van der Waals surface area contributed by atoms with Crippen LogP contribution in [0.2, 0.25) is 0 Å². The number of halogens is 3. The van der Waals surface area contributed by atoms with Gasteiger partial charge < -0.3 is 0 Å². The van der Waals surface area contributed by atoms with Gasteiger partial charge in [-0.05, 0) is 44.4 Å². The summed E-state index contributed by atoms with van der Waals surface area (Å²) in [6, 6.07) is 1.14. The highest BCUT2D eigenvalue weighted by Crippen LogP contribution is 2.42. The van der Waals surface area contributed by atoms with Crippen molar-refractivity contribution in [1.29, 1.82) is 0 Å². The third kappa shape index (κ3) is 2.67. The van der Waals surface area contributed by atoms with Crippen LogP contribution < -0.4 is 0 Å². The zero-order valence-corrected chi connectivity index (χ0v) is 11.5. The first-order chi connectivity index (χ1) is 8.53. The summed E-state index contributed by atoms with van der Waals surface area (Å²) in [6.45, 7) is 0.883. The Morgan fingerprint density at radius 3 is 2.39 bits per heavy atom. The molecular formula is C14H22ClF2N. The van der Waals surface area contributed by atoms with Crippen LogP contribution in [0, 0.1) is 5.92 Å². The molecule has 3 aliphatic rings. The molecule has 2 bridgehead atoms. The van der Waals surface area contributed by atoms with Crippen molar-refractivity contribution in [3.05, 3.63) is 0 Å². The molecule has 1 aliphatic carbocycles. The maximum Gasteiger partial charge on any atom is 0.248 e. The summed E-state index contributed by atoms with van der Waals surface area (Å²) in [4.78, 5) is 2.50. The van der Waals surface area contributed by atoms with E-state index in [1.54, 1.807) is 0 Å². The number of fused-ring (bicyclic) bond motifs is 2. The van der Waals surface area contributed by atoms with E-state index in [4.69, 9.17) is 11.6 Å². The molecule has 3 rings (SSSR count). The number of alkyl halides is 3. The van der Waals surface area contributed by atoms with Gasteiger partial charge in [-0.25, -0.2) is 8.78 Å². The second-order valence-electron chi connectivity index (χ2n) is 6.47. The van der Waals surface area contributed by atoms with E-state index in [2.05, 4.69) is 4.90 Å². The van der Waals surface area contributed by atoms with Gasteiger partial charge in [0.05, 0.1) is 0 Å². The predicted octanol–water partition coefficient (Wildman–Crippen LogP) is 4.05. The summed E-state index contributed by atoms with van der Waals surface area (Å²) >= 11 is 6.25. The summed E-state index contributed by atoms with van der Waals surface area (Å²) in [6.07, 6.45) is 6.43. The van der Waals surface area contributed by atoms with Gasteiger partial charge in [0, 0.05) is 36.8 Å². The third-order valence-corrected chi connectivity index (χ3v) is 5.39. The lowest BCUT2D eigenvalue weighted by Gasteiger charge is -2.40. The summed E-state index contributed by atoms with van der Waals surface area (Å²) < 4.78 is 26.9. The molecular weight excluding hydrogens is 256 g/mol. The van der Waals surface area contributed by atoms with Crippen LogP contribution in [0.1, 0.15) is 51.4 Å². The SMILES string of the molecule is FC1(F)CCCC(CN2C3CCC2CC(Cl)C3)C1. The van der Waals surface area contributed by atoms with E-state index in [-0.39, 0.29) is 18.8 Å². The Kier molecular flexibility index (Phi) is 3.57. The van der Waals surface area contributed by atoms with Crippen molar-refractivity contribution in [2.75, 3.05) is 6.54 Å². The molecule has 3 fully saturated rings. The molecule has 2 saturated heterocycles. The molecule has 18 heavy (non-hydrogen) atoms. The van der Waals surface area contributed by atoms with Crippen LogP contribution in [0.15, 0.2) is 0 Å². The summed E-state index contributed by atoms with van der Waals surface area (Å²) in [7, 11) is 0. The monoisotopic (exact) mass is 277 g/mol. The second-order valence-corrected chi connectivity index (χ2v) is 7.09. The standard InChI is InChI=1S/C14H22ClF2N/c15-11-6-12-3-4-13(7-11)18(12)9-10-2-1-5-14(16,17)8-10/h10-13H,1-9H2. The zero-order chi connectivity index (χ0) is 12.8. The highest BCUT2D eigenvalue weighted by molar-refractivity contribution is 6.20. The molecule has 3 unspecified atom stereocenters. The van der Waals surface area contributed by atoms with Gasteiger partial charge in [-0.3, -0.25) is 4.90 Å². The molecule has 1 saturated carbocycles. The number of piperidine rings is 1. The summed E-state index contributed by atoms with van der Waals surface area (Å²) in [5.41, 5.74) is 0. The molecule has 0 aromatic carbocycles. The van der Waals surface area contributed by atoms with Crippen molar-refractivity contribution >= 4 is 11.6 Å². The average Bonchev–Trinajstić information content (AvgIpc) is 2.53. The lowest BCUT2D eigenvalue weighted by molar-refractivity contribution is -0.0603. The van der Waals surface area contributed by atoms with Crippen molar-refractivity contribution in [1.82, 2.24) is 4.90 Å². The van der Waals surface area contributed by atoms with Crippen molar-refractivity contribution in [2.24, 2.45) is 5.92 Å². The molecule has 0 aromatic heterocycles. The maximum atomic E-state index is 13.4. The van der Waals surface area contributed by atoms with E-state index >= 15 is 0 Å². The first-order valence-electron chi connectivity index (χ1n) is 7.31. The van der Waals surface area contributed by atoms with Gasteiger partial charge >= 0.3 is 0 Å². The van der Waals surface area contributed by atoms with Gasteiger partial charge in [-0.2, -0.15) is 0 Å². The smallest absolute Gasteiger partial charge is 0.248 e. The largest absolute Gasteiger partial charge is 0.297 e. The number of hydrogen-bond donors (Lipinski definition) is 0. The highest BCUT2D eigenvalue weighted by Gasteiger charge is 2.43.